The molecule has 2 heterocycles. The number of nitrogens with zero attached hydrogens (tertiary/aromatic N) is 4. The maximum Gasteiger partial charge on any atom is 0.237 e. The van der Waals surface area contributed by atoms with Gasteiger partial charge in [-0.1, -0.05) is 30.3 Å². The van der Waals surface area contributed by atoms with Crippen molar-refractivity contribution in [1.82, 2.24) is 20.0 Å². The van der Waals surface area contributed by atoms with Crippen LogP contribution in [0.5, 0.6) is 5.75 Å². The van der Waals surface area contributed by atoms with E-state index < -0.39 is 0 Å². The molecule has 6 nitrogen and oxygen atoms in total. The van der Waals surface area contributed by atoms with Crippen LogP contribution in [0.15, 0.2) is 59.3 Å². The number of hydrogen-bond acceptors (Lipinski definition) is 5. The van der Waals surface area contributed by atoms with Crippen molar-refractivity contribution < 1.29 is 9.15 Å². The van der Waals surface area contributed by atoms with Crippen LogP contribution in [-0.2, 0) is 6.54 Å². The van der Waals surface area contributed by atoms with Gasteiger partial charge in [0.05, 0.1) is 12.1 Å². The fourth-order valence-corrected chi connectivity index (χ4v) is 2.75. The van der Waals surface area contributed by atoms with Crippen LogP contribution >= 0.6 is 0 Å². The fourth-order valence-electron chi connectivity index (χ4n) is 2.75. The highest BCUT2D eigenvalue weighted by molar-refractivity contribution is 5.93. The van der Waals surface area contributed by atoms with Crippen molar-refractivity contribution in [3.8, 4) is 17.0 Å². The van der Waals surface area contributed by atoms with Crippen molar-refractivity contribution >= 4 is 10.9 Å². The summed E-state index contributed by atoms with van der Waals surface area (Å²) in [6.07, 6.45) is 1.33. The number of aromatic nitrogens is 4. The molecular weight excluding hydrogens is 304 g/mol. The number of hydrogen-bond donors (Lipinski definition) is 0. The zero-order valence-electron chi connectivity index (χ0n) is 13.2. The SMILES string of the molecule is CCOc1cccc(-c2nn(Cc3nnco3)c3ccccc23)c1. The second-order valence-corrected chi connectivity index (χ2v) is 5.32. The van der Waals surface area contributed by atoms with Gasteiger partial charge in [-0.15, -0.1) is 10.2 Å². The fraction of sp³-hybridized carbons (Fsp3) is 0.167. The van der Waals surface area contributed by atoms with Gasteiger partial charge in [-0.05, 0) is 25.1 Å². The molecular formula is C18H16N4O2. The summed E-state index contributed by atoms with van der Waals surface area (Å²) in [6.45, 7) is 3.04. The first-order valence-electron chi connectivity index (χ1n) is 7.79. The van der Waals surface area contributed by atoms with Gasteiger partial charge < -0.3 is 9.15 Å². The lowest BCUT2D eigenvalue weighted by atomic mass is 10.1. The predicted molar refractivity (Wildman–Crippen MR) is 89.7 cm³/mol. The van der Waals surface area contributed by atoms with E-state index in [0.717, 1.165) is 27.9 Å². The molecule has 0 radical (unpaired) electrons. The quantitative estimate of drug-likeness (QED) is 0.563. The first kappa shape index (κ1) is 14.4. The molecule has 0 atom stereocenters. The number of para-hydroxylation sites is 1. The summed E-state index contributed by atoms with van der Waals surface area (Å²) in [5.74, 6) is 1.36. The molecule has 0 unspecified atom stereocenters. The smallest absolute Gasteiger partial charge is 0.237 e. The molecule has 0 amide bonds. The second-order valence-electron chi connectivity index (χ2n) is 5.32. The normalized spacial score (nSPS) is 11.0. The highest BCUT2D eigenvalue weighted by atomic mass is 16.5. The van der Waals surface area contributed by atoms with Gasteiger partial charge in [0.1, 0.15) is 18.0 Å². The van der Waals surface area contributed by atoms with Crippen LogP contribution in [0.4, 0.5) is 0 Å². The Kier molecular flexibility index (Phi) is 3.70. The lowest BCUT2D eigenvalue weighted by Crippen LogP contribution is -2.02. The Hall–Kier alpha value is -3.15. The molecule has 0 N–H and O–H groups in total. The van der Waals surface area contributed by atoms with Crippen molar-refractivity contribution in [2.24, 2.45) is 0 Å². The Balaban J connectivity index is 1.82. The second kappa shape index (κ2) is 6.16. The maximum absolute atomic E-state index is 5.60. The van der Waals surface area contributed by atoms with Crippen molar-refractivity contribution in [3.05, 3.63) is 60.8 Å². The number of rotatable bonds is 5. The van der Waals surface area contributed by atoms with Crippen LogP contribution in [0.3, 0.4) is 0 Å². The molecule has 0 aliphatic rings. The van der Waals surface area contributed by atoms with Gasteiger partial charge in [-0.25, -0.2) is 0 Å². The van der Waals surface area contributed by atoms with Crippen molar-refractivity contribution in [3.63, 3.8) is 0 Å². The summed E-state index contributed by atoms with van der Waals surface area (Å²) in [4.78, 5) is 0. The summed E-state index contributed by atoms with van der Waals surface area (Å²) >= 11 is 0. The van der Waals surface area contributed by atoms with E-state index in [-0.39, 0.29) is 0 Å². The van der Waals surface area contributed by atoms with E-state index in [2.05, 4.69) is 16.3 Å². The van der Waals surface area contributed by atoms with E-state index in [1.54, 1.807) is 0 Å². The van der Waals surface area contributed by atoms with Gasteiger partial charge in [0.15, 0.2) is 0 Å². The monoisotopic (exact) mass is 320 g/mol. The van der Waals surface area contributed by atoms with E-state index in [9.17, 15) is 0 Å². The third-order valence-electron chi connectivity index (χ3n) is 3.77. The molecule has 6 heteroatoms. The third-order valence-corrected chi connectivity index (χ3v) is 3.77. The molecule has 120 valence electrons. The maximum atomic E-state index is 5.60. The average Bonchev–Trinajstić information content (AvgIpc) is 3.24. The Morgan fingerprint density at radius 2 is 2.04 bits per heavy atom. The number of fused-ring (bicyclic) bond motifs is 1. The number of benzene rings is 2. The zero-order valence-corrected chi connectivity index (χ0v) is 13.2. The summed E-state index contributed by atoms with van der Waals surface area (Å²) in [6, 6.07) is 16.1. The van der Waals surface area contributed by atoms with E-state index in [1.165, 1.54) is 6.39 Å². The molecule has 4 aromatic rings. The lowest BCUT2D eigenvalue weighted by Gasteiger charge is -2.04. The van der Waals surface area contributed by atoms with E-state index in [1.807, 2.05) is 54.1 Å². The Bertz CT molecular complexity index is 960. The van der Waals surface area contributed by atoms with Gasteiger partial charge in [-0.2, -0.15) is 5.10 Å². The molecule has 2 aromatic heterocycles. The lowest BCUT2D eigenvalue weighted by molar-refractivity contribution is 0.340. The van der Waals surface area contributed by atoms with Crippen LogP contribution in [-0.4, -0.2) is 26.6 Å². The molecule has 0 saturated heterocycles. The van der Waals surface area contributed by atoms with E-state index in [4.69, 9.17) is 14.3 Å². The van der Waals surface area contributed by atoms with E-state index in [0.29, 0.717) is 19.0 Å². The molecule has 0 spiro atoms. The Morgan fingerprint density at radius 3 is 2.88 bits per heavy atom. The summed E-state index contributed by atoms with van der Waals surface area (Å²) in [5, 5.41) is 13.5. The minimum absolute atomic E-state index is 0.436. The molecule has 4 rings (SSSR count). The minimum atomic E-state index is 0.436. The van der Waals surface area contributed by atoms with Crippen molar-refractivity contribution in [2.45, 2.75) is 13.5 Å². The molecule has 0 aliphatic heterocycles. The highest BCUT2D eigenvalue weighted by Gasteiger charge is 2.14. The van der Waals surface area contributed by atoms with Crippen LogP contribution in [0.2, 0.25) is 0 Å². The first-order valence-corrected chi connectivity index (χ1v) is 7.79. The molecule has 24 heavy (non-hydrogen) atoms. The van der Waals surface area contributed by atoms with Crippen LogP contribution in [0, 0.1) is 0 Å². The van der Waals surface area contributed by atoms with Crippen LogP contribution in [0.25, 0.3) is 22.2 Å². The van der Waals surface area contributed by atoms with Crippen LogP contribution in [0.1, 0.15) is 12.8 Å². The minimum Gasteiger partial charge on any atom is -0.494 e. The Labute approximate surface area is 138 Å². The first-order chi connectivity index (χ1) is 11.8. The molecule has 0 fully saturated rings. The predicted octanol–water partition coefficient (Wildman–Crippen LogP) is 3.53. The average molecular weight is 320 g/mol. The Morgan fingerprint density at radius 1 is 1.12 bits per heavy atom. The third kappa shape index (κ3) is 2.62. The summed E-state index contributed by atoms with van der Waals surface area (Å²) in [7, 11) is 0. The van der Waals surface area contributed by atoms with Gasteiger partial charge in [0.25, 0.3) is 0 Å². The van der Waals surface area contributed by atoms with Gasteiger partial charge >= 0.3 is 0 Å². The van der Waals surface area contributed by atoms with Crippen LogP contribution < -0.4 is 4.74 Å². The standard InChI is InChI=1S/C18H16N4O2/c1-2-23-14-7-5-6-13(10-14)18-15-8-3-4-9-16(15)22(21-18)11-17-20-19-12-24-17/h3-10,12H,2,11H2,1H3. The van der Waals surface area contributed by atoms with Gasteiger partial charge in [0.2, 0.25) is 12.3 Å². The van der Waals surface area contributed by atoms with E-state index >= 15 is 0 Å². The van der Waals surface area contributed by atoms with Crippen molar-refractivity contribution in [2.75, 3.05) is 6.61 Å². The van der Waals surface area contributed by atoms with Gasteiger partial charge in [0, 0.05) is 10.9 Å². The molecule has 0 bridgehead atoms. The zero-order chi connectivity index (χ0) is 16.4. The molecule has 0 saturated carbocycles. The van der Waals surface area contributed by atoms with Crippen molar-refractivity contribution in [1.29, 1.82) is 0 Å². The highest BCUT2D eigenvalue weighted by Crippen LogP contribution is 2.30. The topological polar surface area (TPSA) is 66.0 Å². The molecule has 0 aliphatic carbocycles. The summed E-state index contributed by atoms with van der Waals surface area (Å²) in [5.41, 5.74) is 2.95. The largest absolute Gasteiger partial charge is 0.494 e. The molecule has 2 aromatic carbocycles. The van der Waals surface area contributed by atoms with Gasteiger partial charge in [-0.3, -0.25) is 4.68 Å². The summed E-state index contributed by atoms with van der Waals surface area (Å²) < 4.78 is 12.7. The number of ether oxygens (including phenoxy) is 1.